The van der Waals surface area contributed by atoms with Crippen LogP contribution in [0.4, 0.5) is 5.69 Å². The van der Waals surface area contributed by atoms with Crippen LogP contribution >= 0.6 is 0 Å². The van der Waals surface area contributed by atoms with Crippen LogP contribution in [0.25, 0.3) is 11.0 Å². The van der Waals surface area contributed by atoms with Crippen molar-refractivity contribution in [1.82, 2.24) is 19.9 Å². The van der Waals surface area contributed by atoms with Gasteiger partial charge in [-0.25, -0.2) is 4.98 Å². The molecule has 9 heteroatoms. The molecule has 0 bridgehead atoms. The number of carbonyl (C=O) groups is 2. The molecule has 186 valence electrons. The van der Waals surface area contributed by atoms with Gasteiger partial charge in [0.25, 0.3) is 11.8 Å². The average Bonchev–Trinajstić information content (AvgIpc) is 3.24. The van der Waals surface area contributed by atoms with Crippen LogP contribution in [0, 0.1) is 0 Å². The van der Waals surface area contributed by atoms with E-state index in [0.29, 0.717) is 59.8 Å². The molecule has 0 aliphatic carbocycles. The van der Waals surface area contributed by atoms with E-state index in [4.69, 9.17) is 9.47 Å². The summed E-state index contributed by atoms with van der Waals surface area (Å²) in [5, 5.41) is 5.87. The van der Waals surface area contributed by atoms with Gasteiger partial charge in [0.15, 0.2) is 0 Å². The maximum atomic E-state index is 13.1. The van der Waals surface area contributed by atoms with E-state index in [9.17, 15) is 9.59 Å². The standard InChI is InChI=1S/C27H29N5O4/c1-4-24-30-21-15-18(26(33)29-13-8-14-36-19-9-7-12-28-17-19)16-22(25(21)32(24)2)31-27(34)20-10-5-6-11-23(20)35-3/h5-7,9-12,15-17H,4,8,13-14H2,1-3H3,(H,29,33)(H,31,34). The van der Waals surface area contributed by atoms with Crippen molar-refractivity contribution in [2.75, 3.05) is 25.6 Å². The molecule has 2 amide bonds. The van der Waals surface area contributed by atoms with Gasteiger partial charge in [-0.05, 0) is 42.8 Å². The van der Waals surface area contributed by atoms with Crippen LogP contribution in [0.2, 0.25) is 0 Å². The predicted octanol–water partition coefficient (Wildman–Crippen LogP) is 3.99. The lowest BCUT2D eigenvalue weighted by atomic mass is 10.1. The average molecular weight is 488 g/mol. The van der Waals surface area contributed by atoms with E-state index in [0.717, 1.165) is 11.3 Å². The van der Waals surface area contributed by atoms with Crippen molar-refractivity contribution >= 4 is 28.5 Å². The number of imidazole rings is 1. The van der Waals surface area contributed by atoms with Gasteiger partial charge in [0, 0.05) is 31.8 Å². The van der Waals surface area contributed by atoms with Gasteiger partial charge in [-0.15, -0.1) is 0 Å². The normalized spacial score (nSPS) is 10.8. The summed E-state index contributed by atoms with van der Waals surface area (Å²) < 4.78 is 12.9. The lowest BCUT2D eigenvalue weighted by Gasteiger charge is -2.13. The molecular weight excluding hydrogens is 458 g/mol. The first-order valence-corrected chi connectivity index (χ1v) is 11.8. The predicted molar refractivity (Wildman–Crippen MR) is 138 cm³/mol. The Morgan fingerprint density at radius 1 is 1.08 bits per heavy atom. The van der Waals surface area contributed by atoms with E-state index >= 15 is 0 Å². The first kappa shape index (κ1) is 24.7. The molecule has 9 nitrogen and oxygen atoms in total. The van der Waals surface area contributed by atoms with Gasteiger partial charge in [0.2, 0.25) is 0 Å². The lowest BCUT2D eigenvalue weighted by Crippen LogP contribution is -2.26. The highest BCUT2D eigenvalue weighted by atomic mass is 16.5. The molecule has 0 saturated heterocycles. The molecule has 2 aromatic heterocycles. The third-order valence-electron chi connectivity index (χ3n) is 5.75. The largest absolute Gasteiger partial charge is 0.496 e. The first-order valence-electron chi connectivity index (χ1n) is 11.8. The molecule has 2 N–H and O–H groups in total. The van der Waals surface area contributed by atoms with Crippen LogP contribution < -0.4 is 20.1 Å². The fourth-order valence-electron chi connectivity index (χ4n) is 3.96. The zero-order valence-electron chi connectivity index (χ0n) is 20.6. The Bertz CT molecular complexity index is 1370. The van der Waals surface area contributed by atoms with Gasteiger partial charge in [0.05, 0.1) is 42.2 Å². The lowest BCUT2D eigenvalue weighted by molar-refractivity contribution is 0.0950. The Balaban J connectivity index is 1.52. The molecule has 2 heterocycles. The monoisotopic (exact) mass is 487 g/mol. The number of para-hydroxylation sites is 1. The molecule has 0 fully saturated rings. The number of carbonyl (C=O) groups excluding carboxylic acids is 2. The van der Waals surface area contributed by atoms with Crippen molar-refractivity contribution in [1.29, 1.82) is 0 Å². The van der Waals surface area contributed by atoms with E-state index in [1.54, 1.807) is 54.9 Å². The van der Waals surface area contributed by atoms with E-state index in [2.05, 4.69) is 20.6 Å². The number of hydrogen-bond acceptors (Lipinski definition) is 6. The summed E-state index contributed by atoms with van der Waals surface area (Å²) in [6.07, 6.45) is 4.67. The van der Waals surface area contributed by atoms with Gasteiger partial charge < -0.3 is 24.7 Å². The number of benzene rings is 2. The molecule has 0 aliphatic heterocycles. The van der Waals surface area contributed by atoms with Gasteiger partial charge >= 0.3 is 0 Å². The number of methoxy groups -OCH3 is 1. The third kappa shape index (κ3) is 5.46. The smallest absolute Gasteiger partial charge is 0.259 e. The number of ether oxygens (including phenoxy) is 2. The number of rotatable bonds is 10. The van der Waals surface area contributed by atoms with Crippen LogP contribution in [0.15, 0.2) is 60.9 Å². The van der Waals surface area contributed by atoms with Crippen molar-refractivity contribution in [3.05, 3.63) is 77.9 Å². The highest BCUT2D eigenvalue weighted by molar-refractivity contribution is 6.11. The Kier molecular flexibility index (Phi) is 7.79. The van der Waals surface area contributed by atoms with E-state index in [1.165, 1.54) is 7.11 Å². The number of anilines is 1. The fraction of sp³-hybridized carbons (Fsp3) is 0.259. The second kappa shape index (κ2) is 11.4. The van der Waals surface area contributed by atoms with Crippen LogP contribution in [-0.4, -0.2) is 46.6 Å². The number of aryl methyl sites for hydroxylation is 2. The number of nitrogens with zero attached hydrogens (tertiary/aromatic N) is 3. The highest BCUT2D eigenvalue weighted by Gasteiger charge is 2.19. The topological polar surface area (TPSA) is 107 Å². The summed E-state index contributed by atoms with van der Waals surface area (Å²) in [4.78, 5) is 34.8. The van der Waals surface area contributed by atoms with Crippen LogP contribution in [0.3, 0.4) is 0 Å². The molecule has 0 unspecified atom stereocenters. The molecule has 4 rings (SSSR count). The Hall–Kier alpha value is -4.40. The minimum Gasteiger partial charge on any atom is -0.496 e. The Morgan fingerprint density at radius 2 is 1.92 bits per heavy atom. The fourth-order valence-corrected chi connectivity index (χ4v) is 3.96. The molecule has 2 aromatic carbocycles. The summed E-state index contributed by atoms with van der Waals surface area (Å²) in [7, 11) is 3.42. The second-order valence-corrected chi connectivity index (χ2v) is 8.13. The number of pyridine rings is 1. The zero-order chi connectivity index (χ0) is 25.5. The van der Waals surface area contributed by atoms with Crippen LogP contribution in [-0.2, 0) is 13.5 Å². The number of nitrogens with one attached hydrogen (secondary N) is 2. The van der Waals surface area contributed by atoms with Gasteiger partial charge in [-0.3, -0.25) is 14.6 Å². The summed E-state index contributed by atoms with van der Waals surface area (Å²) in [6.45, 7) is 2.89. The molecule has 0 radical (unpaired) electrons. The summed E-state index contributed by atoms with van der Waals surface area (Å²) >= 11 is 0. The second-order valence-electron chi connectivity index (χ2n) is 8.13. The Labute approximate surface area is 209 Å². The van der Waals surface area contributed by atoms with Crippen molar-refractivity contribution in [2.24, 2.45) is 7.05 Å². The third-order valence-corrected chi connectivity index (χ3v) is 5.75. The molecule has 0 atom stereocenters. The van der Waals surface area contributed by atoms with Crippen LogP contribution in [0.1, 0.15) is 39.9 Å². The van der Waals surface area contributed by atoms with Crippen molar-refractivity contribution in [2.45, 2.75) is 19.8 Å². The Morgan fingerprint density at radius 3 is 2.67 bits per heavy atom. The van der Waals surface area contributed by atoms with Gasteiger partial charge in [-0.1, -0.05) is 19.1 Å². The summed E-state index contributed by atoms with van der Waals surface area (Å²) in [5.41, 5.74) is 2.69. The van der Waals surface area contributed by atoms with E-state index in [-0.39, 0.29) is 11.8 Å². The van der Waals surface area contributed by atoms with Gasteiger partial charge in [-0.2, -0.15) is 0 Å². The summed E-state index contributed by atoms with van der Waals surface area (Å²) in [6, 6.07) is 14.1. The minimum atomic E-state index is -0.335. The van der Waals surface area contributed by atoms with E-state index < -0.39 is 0 Å². The van der Waals surface area contributed by atoms with Gasteiger partial charge in [0.1, 0.15) is 17.3 Å². The zero-order valence-corrected chi connectivity index (χ0v) is 20.6. The van der Waals surface area contributed by atoms with Crippen molar-refractivity contribution < 1.29 is 19.1 Å². The SMILES string of the molecule is CCc1nc2cc(C(=O)NCCCOc3cccnc3)cc(NC(=O)c3ccccc3OC)c2n1C. The maximum Gasteiger partial charge on any atom is 0.259 e. The highest BCUT2D eigenvalue weighted by Crippen LogP contribution is 2.28. The first-order chi connectivity index (χ1) is 17.5. The number of aromatic nitrogens is 3. The van der Waals surface area contributed by atoms with Crippen molar-refractivity contribution in [3.63, 3.8) is 0 Å². The van der Waals surface area contributed by atoms with E-state index in [1.807, 2.05) is 24.6 Å². The number of amides is 2. The molecule has 0 spiro atoms. The molecular formula is C27H29N5O4. The molecule has 0 aliphatic rings. The molecule has 0 saturated carbocycles. The molecule has 4 aromatic rings. The maximum absolute atomic E-state index is 13.1. The number of hydrogen-bond donors (Lipinski definition) is 2. The molecule has 36 heavy (non-hydrogen) atoms. The minimum absolute atomic E-state index is 0.255. The van der Waals surface area contributed by atoms with Crippen LogP contribution in [0.5, 0.6) is 11.5 Å². The summed E-state index contributed by atoms with van der Waals surface area (Å²) in [5.74, 6) is 1.41. The number of fused-ring (bicyclic) bond motifs is 1. The van der Waals surface area contributed by atoms with Crippen molar-refractivity contribution in [3.8, 4) is 11.5 Å². The quantitative estimate of drug-likeness (QED) is 0.328.